The summed E-state index contributed by atoms with van der Waals surface area (Å²) in [5, 5.41) is 0. The zero-order valence-electron chi connectivity index (χ0n) is 17.5. The number of halogens is 7. The Morgan fingerprint density at radius 2 is 1.64 bits per heavy atom. The molecular weight excluding hydrogens is 494 g/mol. The van der Waals surface area contributed by atoms with E-state index in [9.17, 15) is 34.8 Å². The SMILES string of the molecule is CCCN1CCC(c2ccc(NS(=O)(=O)c3cc(C(F)(F)F)ccc3C(F)(F)F)cc2)C1.Cl. The van der Waals surface area contributed by atoms with E-state index in [-0.39, 0.29) is 42.2 Å². The van der Waals surface area contributed by atoms with E-state index in [1.807, 2.05) is 4.72 Å². The molecule has 12 heteroatoms. The number of benzene rings is 2. The lowest BCUT2D eigenvalue weighted by Crippen LogP contribution is -2.21. The van der Waals surface area contributed by atoms with Crippen LogP contribution >= 0.6 is 12.4 Å². The summed E-state index contributed by atoms with van der Waals surface area (Å²) in [6, 6.07) is 6.49. The largest absolute Gasteiger partial charge is 0.417 e. The van der Waals surface area contributed by atoms with Crippen LogP contribution < -0.4 is 4.72 Å². The van der Waals surface area contributed by atoms with Crippen LogP contribution in [0.15, 0.2) is 47.4 Å². The Hall–Kier alpha value is -1.98. The molecule has 1 N–H and O–H groups in total. The number of alkyl halides is 6. The molecule has 0 saturated carbocycles. The number of hydrogen-bond donors (Lipinski definition) is 1. The number of hydrogen-bond acceptors (Lipinski definition) is 3. The van der Waals surface area contributed by atoms with Gasteiger partial charge in [-0.1, -0.05) is 19.1 Å². The average Bonchev–Trinajstić information content (AvgIpc) is 3.15. The van der Waals surface area contributed by atoms with E-state index in [4.69, 9.17) is 0 Å². The van der Waals surface area contributed by atoms with Gasteiger partial charge in [-0.25, -0.2) is 8.42 Å². The van der Waals surface area contributed by atoms with Crippen molar-refractivity contribution < 1.29 is 34.8 Å². The Labute approximate surface area is 194 Å². The summed E-state index contributed by atoms with van der Waals surface area (Å²) in [6.07, 6.45) is -8.18. The number of anilines is 1. The van der Waals surface area contributed by atoms with Crippen molar-refractivity contribution in [2.75, 3.05) is 24.4 Å². The van der Waals surface area contributed by atoms with Crippen LogP contribution in [0.25, 0.3) is 0 Å². The minimum atomic E-state index is -5.15. The van der Waals surface area contributed by atoms with Crippen LogP contribution in [0.5, 0.6) is 0 Å². The van der Waals surface area contributed by atoms with Crippen molar-refractivity contribution in [3.63, 3.8) is 0 Å². The minimum Gasteiger partial charge on any atom is -0.303 e. The topological polar surface area (TPSA) is 49.4 Å². The van der Waals surface area contributed by atoms with E-state index in [0.29, 0.717) is 0 Å². The predicted octanol–water partition coefficient (Wildman–Crippen LogP) is 6.15. The van der Waals surface area contributed by atoms with Crippen molar-refractivity contribution in [1.82, 2.24) is 4.90 Å². The molecule has 1 fully saturated rings. The van der Waals surface area contributed by atoms with Crippen LogP contribution in [0.1, 0.15) is 42.4 Å². The lowest BCUT2D eigenvalue weighted by molar-refractivity contribution is -0.143. The molecule has 1 aliphatic rings. The molecule has 0 radical (unpaired) electrons. The molecule has 184 valence electrons. The summed E-state index contributed by atoms with van der Waals surface area (Å²) in [5.74, 6) is 0.257. The predicted molar refractivity (Wildman–Crippen MR) is 115 cm³/mol. The van der Waals surface area contributed by atoms with Crippen LogP contribution in [0, 0.1) is 0 Å². The van der Waals surface area contributed by atoms with Crippen molar-refractivity contribution in [2.45, 2.75) is 42.9 Å². The molecule has 2 aromatic rings. The van der Waals surface area contributed by atoms with Crippen molar-refractivity contribution in [1.29, 1.82) is 0 Å². The molecule has 0 spiro atoms. The highest BCUT2D eigenvalue weighted by atomic mass is 35.5. The number of nitrogens with one attached hydrogen (secondary N) is 1. The Morgan fingerprint density at radius 1 is 1.00 bits per heavy atom. The van der Waals surface area contributed by atoms with Crippen LogP contribution in [-0.2, 0) is 22.4 Å². The molecule has 0 bridgehead atoms. The number of likely N-dealkylation sites (tertiary alicyclic amines) is 1. The van der Waals surface area contributed by atoms with Gasteiger partial charge in [-0.3, -0.25) is 4.72 Å². The molecular formula is C21H23ClF6N2O2S. The maximum absolute atomic E-state index is 13.3. The number of rotatable bonds is 6. The first-order valence-electron chi connectivity index (χ1n) is 9.95. The lowest BCUT2D eigenvalue weighted by atomic mass is 9.98. The molecule has 0 aliphatic carbocycles. The zero-order valence-corrected chi connectivity index (χ0v) is 19.1. The first-order valence-corrected chi connectivity index (χ1v) is 11.4. The molecule has 0 aromatic heterocycles. The molecule has 1 aliphatic heterocycles. The maximum atomic E-state index is 13.3. The fourth-order valence-electron chi connectivity index (χ4n) is 3.81. The smallest absolute Gasteiger partial charge is 0.303 e. The highest BCUT2D eigenvalue weighted by Crippen LogP contribution is 2.39. The summed E-state index contributed by atoms with van der Waals surface area (Å²) in [4.78, 5) is 0.836. The van der Waals surface area contributed by atoms with Crippen LogP contribution in [0.2, 0.25) is 0 Å². The van der Waals surface area contributed by atoms with Gasteiger partial charge in [0.1, 0.15) is 4.90 Å². The van der Waals surface area contributed by atoms with Crippen molar-refractivity contribution >= 4 is 28.1 Å². The first kappa shape index (κ1) is 27.3. The van der Waals surface area contributed by atoms with E-state index >= 15 is 0 Å². The van der Waals surface area contributed by atoms with Gasteiger partial charge in [0.05, 0.1) is 11.1 Å². The highest BCUT2D eigenvalue weighted by molar-refractivity contribution is 7.92. The van der Waals surface area contributed by atoms with Gasteiger partial charge in [0, 0.05) is 12.2 Å². The Morgan fingerprint density at radius 3 is 2.18 bits per heavy atom. The normalized spacial score (nSPS) is 17.6. The fourth-order valence-corrected chi connectivity index (χ4v) is 5.12. The summed E-state index contributed by atoms with van der Waals surface area (Å²) in [7, 11) is -4.94. The Bertz CT molecular complexity index is 1060. The first-order chi connectivity index (χ1) is 14.8. The monoisotopic (exact) mass is 516 g/mol. The maximum Gasteiger partial charge on any atom is 0.417 e. The van der Waals surface area contributed by atoms with Gasteiger partial charge in [0.15, 0.2) is 0 Å². The van der Waals surface area contributed by atoms with Gasteiger partial charge >= 0.3 is 12.4 Å². The third-order valence-electron chi connectivity index (χ3n) is 5.35. The van der Waals surface area contributed by atoms with Crippen molar-refractivity contribution in [2.24, 2.45) is 0 Å². The van der Waals surface area contributed by atoms with Gasteiger partial charge in [0.2, 0.25) is 0 Å². The average molecular weight is 517 g/mol. The second-order valence-electron chi connectivity index (χ2n) is 7.72. The van der Waals surface area contributed by atoms with Gasteiger partial charge < -0.3 is 4.90 Å². The molecule has 1 saturated heterocycles. The highest BCUT2D eigenvalue weighted by Gasteiger charge is 2.40. The van der Waals surface area contributed by atoms with E-state index in [0.717, 1.165) is 38.0 Å². The summed E-state index contributed by atoms with van der Waals surface area (Å²) >= 11 is 0. The zero-order chi connectivity index (χ0) is 23.7. The Balaban J connectivity index is 0.00000385. The van der Waals surface area contributed by atoms with Crippen molar-refractivity contribution in [3.05, 3.63) is 59.2 Å². The third-order valence-corrected chi connectivity index (χ3v) is 6.77. The van der Waals surface area contributed by atoms with Crippen molar-refractivity contribution in [3.8, 4) is 0 Å². The van der Waals surface area contributed by atoms with E-state index in [2.05, 4.69) is 11.8 Å². The van der Waals surface area contributed by atoms with Gasteiger partial charge in [-0.05, 0) is 67.7 Å². The van der Waals surface area contributed by atoms with Gasteiger partial charge in [0.25, 0.3) is 10.0 Å². The van der Waals surface area contributed by atoms with E-state index in [1.54, 1.807) is 12.1 Å². The molecule has 1 unspecified atom stereocenters. The van der Waals surface area contributed by atoms with Crippen LogP contribution in [-0.4, -0.2) is 33.0 Å². The molecule has 4 nitrogen and oxygen atoms in total. The summed E-state index contributed by atoms with van der Waals surface area (Å²) in [5.41, 5.74) is -2.24. The Kier molecular flexibility index (Phi) is 8.35. The standard InChI is InChI=1S/C21H22F6N2O2S.ClH/c1-2-10-29-11-9-15(13-29)14-3-6-17(7-4-14)28-32(30,31)19-12-16(20(22,23)24)5-8-18(19)21(25,26)27;/h3-8,12,15,28H,2,9-11,13H2,1H3;1H. The molecule has 0 amide bonds. The summed E-state index contributed by atoms with van der Waals surface area (Å²) < 4.78 is 106. The fraction of sp³-hybridized carbons (Fsp3) is 0.429. The molecule has 33 heavy (non-hydrogen) atoms. The summed E-state index contributed by atoms with van der Waals surface area (Å²) in [6.45, 7) is 4.87. The molecule has 2 aromatic carbocycles. The second kappa shape index (κ2) is 10.1. The molecule has 1 heterocycles. The second-order valence-corrected chi connectivity index (χ2v) is 9.37. The lowest BCUT2D eigenvalue weighted by Gasteiger charge is -2.17. The van der Waals surface area contributed by atoms with E-state index in [1.165, 1.54) is 12.1 Å². The minimum absolute atomic E-state index is 0. The molecule has 1 atom stereocenters. The number of sulfonamides is 1. The quantitative estimate of drug-likeness (QED) is 0.469. The van der Waals surface area contributed by atoms with E-state index < -0.39 is 38.4 Å². The molecule has 3 rings (SSSR count). The van der Waals surface area contributed by atoms with Gasteiger partial charge in [-0.2, -0.15) is 26.3 Å². The third kappa shape index (κ3) is 6.54. The number of nitrogens with zero attached hydrogens (tertiary/aromatic N) is 1. The van der Waals surface area contributed by atoms with Gasteiger partial charge in [-0.15, -0.1) is 12.4 Å². The van der Waals surface area contributed by atoms with Crippen LogP contribution in [0.3, 0.4) is 0 Å². The van der Waals surface area contributed by atoms with Crippen LogP contribution in [0.4, 0.5) is 32.0 Å².